The number of ether oxygens (including phenoxy) is 1. The van der Waals surface area contributed by atoms with Gasteiger partial charge >= 0.3 is 0 Å². The smallest absolute Gasteiger partial charge is 0.240 e. The van der Waals surface area contributed by atoms with E-state index in [0.29, 0.717) is 11.4 Å². The molecule has 2 aliphatic rings. The Kier molecular flexibility index (Phi) is 5.50. The summed E-state index contributed by atoms with van der Waals surface area (Å²) in [4.78, 5) is 0.313. The van der Waals surface area contributed by atoms with Gasteiger partial charge in [-0.25, -0.2) is 13.1 Å². The van der Waals surface area contributed by atoms with Crippen molar-refractivity contribution in [2.75, 3.05) is 19.6 Å². The summed E-state index contributed by atoms with van der Waals surface area (Å²) in [6.45, 7) is 4.08. The maximum atomic E-state index is 12.4. The van der Waals surface area contributed by atoms with Gasteiger partial charge < -0.3 is 10.1 Å². The zero-order valence-electron chi connectivity index (χ0n) is 12.5. The minimum atomic E-state index is -3.47. The molecule has 3 rings (SSSR count). The second kappa shape index (κ2) is 7.00. The fourth-order valence-corrected chi connectivity index (χ4v) is 3.75. The first-order valence-electron chi connectivity index (χ1n) is 7.22. The van der Waals surface area contributed by atoms with E-state index in [0.717, 1.165) is 42.8 Å². The molecule has 7 heteroatoms. The molecule has 1 aromatic rings. The van der Waals surface area contributed by atoms with Gasteiger partial charge in [-0.1, -0.05) is 11.6 Å². The molecule has 1 unspecified atom stereocenters. The lowest BCUT2D eigenvalue weighted by Crippen LogP contribution is -2.29. The highest BCUT2D eigenvalue weighted by molar-refractivity contribution is 7.89. The molecule has 0 fully saturated rings. The van der Waals surface area contributed by atoms with Crippen LogP contribution in [0.15, 0.2) is 34.7 Å². The van der Waals surface area contributed by atoms with E-state index in [2.05, 4.69) is 10.0 Å². The quantitative estimate of drug-likeness (QED) is 0.815. The van der Waals surface area contributed by atoms with Crippen molar-refractivity contribution in [3.05, 3.63) is 35.4 Å². The number of hydrogen-bond donors (Lipinski definition) is 2. The SMILES string of the molecule is CC1Cc2cc(S(=O)(=O)NCC3=CCNCC3)ccc2O1.Cl. The topological polar surface area (TPSA) is 67.4 Å². The van der Waals surface area contributed by atoms with Gasteiger partial charge in [0.05, 0.1) is 4.90 Å². The third kappa shape index (κ3) is 3.81. The molecule has 1 aromatic carbocycles. The Morgan fingerprint density at radius 3 is 2.95 bits per heavy atom. The maximum absolute atomic E-state index is 12.4. The van der Waals surface area contributed by atoms with Crippen LogP contribution in [-0.4, -0.2) is 34.2 Å². The van der Waals surface area contributed by atoms with Gasteiger partial charge in [-0.3, -0.25) is 0 Å². The number of halogens is 1. The molecule has 1 atom stereocenters. The molecule has 2 aliphatic heterocycles. The van der Waals surface area contributed by atoms with Crippen molar-refractivity contribution in [1.29, 1.82) is 0 Å². The zero-order chi connectivity index (χ0) is 14.9. The van der Waals surface area contributed by atoms with Crippen molar-refractivity contribution < 1.29 is 13.2 Å². The third-order valence-corrected chi connectivity index (χ3v) is 5.22. The van der Waals surface area contributed by atoms with Crippen LogP contribution in [-0.2, 0) is 16.4 Å². The van der Waals surface area contributed by atoms with E-state index in [-0.39, 0.29) is 18.5 Å². The lowest BCUT2D eigenvalue weighted by atomic mass is 10.1. The standard InChI is InChI=1S/C15H20N2O3S.ClH/c1-11-8-13-9-14(2-3-15(13)20-11)21(18,19)17-10-12-4-6-16-7-5-12;/h2-4,9,11,16-17H,5-8,10H2,1H3;1H. The van der Waals surface area contributed by atoms with Gasteiger partial charge in [0.15, 0.2) is 0 Å². The van der Waals surface area contributed by atoms with Crippen molar-refractivity contribution in [1.82, 2.24) is 10.0 Å². The van der Waals surface area contributed by atoms with Gasteiger partial charge in [-0.2, -0.15) is 0 Å². The number of sulfonamides is 1. The van der Waals surface area contributed by atoms with E-state index < -0.39 is 10.0 Å². The Morgan fingerprint density at radius 2 is 2.23 bits per heavy atom. The summed E-state index contributed by atoms with van der Waals surface area (Å²) < 4.78 is 33.0. The predicted octanol–water partition coefficient (Wildman–Crippen LogP) is 1.63. The van der Waals surface area contributed by atoms with Crippen LogP contribution in [0.1, 0.15) is 18.9 Å². The van der Waals surface area contributed by atoms with Crippen LogP contribution in [0.4, 0.5) is 0 Å². The van der Waals surface area contributed by atoms with Gasteiger partial charge in [-0.05, 0) is 43.7 Å². The van der Waals surface area contributed by atoms with Crippen LogP contribution in [0.2, 0.25) is 0 Å². The first-order valence-corrected chi connectivity index (χ1v) is 8.71. The predicted molar refractivity (Wildman–Crippen MR) is 88.2 cm³/mol. The number of nitrogens with one attached hydrogen (secondary N) is 2. The van der Waals surface area contributed by atoms with E-state index in [4.69, 9.17) is 4.74 Å². The molecule has 0 saturated heterocycles. The molecule has 122 valence electrons. The second-order valence-corrected chi connectivity index (χ2v) is 7.31. The molecule has 2 heterocycles. The van der Waals surface area contributed by atoms with Crippen molar-refractivity contribution in [2.24, 2.45) is 0 Å². The Morgan fingerprint density at radius 1 is 1.41 bits per heavy atom. The molecule has 22 heavy (non-hydrogen) atoms. The highest BCUT2D eigenvalue weighted by atomic mass is 35.5. The van der Waals surface area contributed by atoms with E-state index in [1.807, 2.05) is 13.0 Å². The fraction of sp³-hybridized carbons (Fsp3) is 0.467. The first kappa shape index (κ1) is 17.3. The molecule has 2 N–H and O–H groups in total. The Labute approximate surface area is 137 Å². The van der Waals surface area contributed by atoms with Crippen LogP contribution in [0.25, 0.3) is 0 Å². The van der Waals surface area contributed by atoms with Crippen LogP contribution < -0.4 is 14.8 Å². The summed E-state index contributed by atoms with van der Waals surface area (Å²) in [5.74, 6) is 0.794. The molecule has 0 aromatic heterocycles. The number of hydrogen-bond acceptors (Lipinski definition) is 4. The molecule has 0 radical (unpaired) electrons. The van der Waals surface area contributed by atoms with Gasteiger partial charge in [0.2, 0.25) is 10.0 Å². The molecule has 0 aliphatic carbocycles. The zero-order valence-corrected chi connectivity index (χ0v) is 14.1. The third-order valence-electron chi connectivity index (χ3n) is 3.82. The average Bonchev–Trinajstić information content (AvgIpc) is 2.85. The van der Waals surface area contributed by atoms with E-state index in [1.54, 1.807) is 18.2 Å². The van der Waals surface area contributed by atoms with Gasteiger partial charge in [0, 0.05) is 19.5 Å². The van der Waals surface area contributed by atoms with Crippen LogP contribution in [0.3, 0.4) is 0 Å². The van der Waals surface area contributed by atoms with E-state index in [1.165, 1.54) is 0 Å². The Bertz CT molecular complexity index is 673. The minimum Gasteiger partial charge on any atom is -0.490 e. The number of rotatable bonds is 4. The maximum Gasteiger partial charge on any atom is 0.240 e. The van der Waals surface area contributed by atoms with Gasteiger partial charge in [0.25, 0.3) is 0 Å². The lowest BCUT2D eigenvalue weighted by molar-refractivity contribution is 0.254. The van der Waals surface area contributed by atoms with E-state index >= 15 is 0 Å². The monoisotopic (exact) mass is 344 g/mol. The molecular weight excluding hydrogens is 324 g/mol. The Balaban J connectivity index is 0.00000176. The Hall–Kier alpha value is -1.08. The van der Waals surface area contributed by atoms with Crippen LogP contribution in [0.5, 0.6) is 5.75 Å². The van der Waals surface area contributed by atoms with Crippen molar-refractivity contribution in [3.8, 4) is 5.75 Å². The van der Waals surface area contributed by atoms with Crippen molar-refractivity contribution >= 4 is 22.4 Å². The largest absolute Gasteiger partial charge is 0.490 e. The minimum absolute atomic E-state index is 0. The summed E-state index contributed by atoms with van der Waals surface area (Å²) in [5.41, 5.74) is 2.10. The molecule has 0 saturated carbocycles. The van der Waals surface area contributed by atoms with Crippen molar-refractivity contribution in [3.63, 3.8) is 0 Å². The molecule has 0 amide bonds. The first-order chi connectivity index (χ1) is 10.0. The molecule has 0 bridgehead atoms. The lowest BCUT2D eigenvalue weighted by Gasteiger charge is -2.15. The second-order valence-electron chi connectivity index (χ2n) is 5.54. The van der Waals surface area contributed by atoms with Gasteiger partial charge in [-0.15, -0.1) is 12.4 Å². The van der Waals surface area contributed by atoms with Gasteiger partial charge in [0.1, 0.15) is 11.9 Å². The van der Waals surface area contributed by atoms with Crippen LogP contribution in [0, 0.1) is 0 Å². The van der Waals surface area contributed by atoms with Crippen molar-refractivity contribution in [2.45, 2.75) is 30.8 Å². The highest BCUT2D eigenvalue weighted by Crippen LogP contribution is 2.30. The fourth-order valence-electron chi connectivity index (χ4n) is 2.67. The number of benzene rings is 1. The summed E-state index contributed by atoms with van der Waals surface area (Å²) in [6.07, 6.45) is 3.81. The summed E-state index contributed by atoms with van der Waals surface area (Å²) in [5, 5.41) is 3.21. The molecular formula is C15H21ClN2O3S. The molecule has 5 nitrogen and oxygen atoms in total. The average molecular weight is 345 g/mol. The van der Waals surface area contributed by atoms with E-state index in [9.17, 15) is 8.42 Å². The van der Waals surface area contributed by atoms with Crippen LogP contribution >= 0.6 is 12.4 Å². The summed E-state index contributed by atoms with van der Waals surface area (Å²) in [6, 6.07) is 5.07. The summed E-state index contributed by atoms with van der Waals surface area (Å²) in [7, 11) is -3.47. The molecule has 0 spiro atoms. The summed E-state index contributed by atoms with van der Waals surface area (Å²) >= 11 is 0. The highest BCUT2D eigenvalue weighted by Gasteiger charge is 2.22. The number of fused-ring (bicyclic) bond motifs is 1. The normalized spacial score (nSPS) is 20.6.